The molecule has 2 aromatic carbocycles. The molecule has 2 rings (SSSR count). The first kappa shape index (κ1) is 20.8. The number of carbonyl (C=O) groups excluding carboxylic acids is 3. The lowest BCUT2D eigenvalue weighted by Gasteiger charge is -2.17. The zero-order valence-electron chi connectivity index (χ0n) is 14.9. The second-order valence-electron chi connectivity index (χ2n) is 5.55. The molecular weight excluding hydrogens is 388 g/mol. The Kier molecular flexibility index (Phi) is 7.69. The molecule has 8 heteroatoms. The van der Waals surface area contributed by atoms with Crippen LogP contribution in [0.4, 0.5) is 5.69 Å². The lowest BCUT2D eigenvalue weighted by Crippen LogP contribution is -2.37. The van der Waals surface area contributed by atoms with Crippen LogP contribution >= 0.6 is 23.4 Å². The standard InChI is InChI=1S/C19H19ClN2O4S/c1-22(11-17(23)21-15-9-5-6-10-16(15)27-2)18(24)12-26-19(25)13-7-3-4-8-14(13)20/h3-10H,11-12H2,1-2H3,(H,21,23). The van der Waals surface area contributed by atoms with E-state index in [1.54, 1.807) is 24.3 Å². The van der Waals surface area contributed by atoms with E-state index in [9.17, 15) is 14.4 Å². The van der Waals surface area contributed by atoms with Crippen molar-refractivity contribution in [2.24, 2.45) is 0 Å². The number of halogens is 1. The third-order valence-corrected chi connectivity index (χ3v) is 4.73. The van der Waals surface area contributed by atoms with Gasteiger partial charge in [-0.05, 0) is 30.5 Å². The number of amides is 2. The fourth-order valence-electron chi connectivity index (χ4n) is 2.18. The Bertz CT molecular complexity index is 844. The smallest absolute Gasteiger partial charge is 0.340 e. The van der Waals surface area contributed by atoms with E-state index in [1.807, 2.05) is 24.5 Å². The molecule has 0 aromatic heterocycles. The summed E-state index contributed by atoms with van der Waals surface area (Å²) in [5.74, 6) is -1.53. The molecule has 0 atom stereocenters. The number of thioether (sulfide) groups is 1. The van der Waals surface area contributed by atoms with Crippen molar-refractivity contribution in [3.63, 3.8) is 0 Å². The van der Waals surface area contributed by atoms with Gasteiger partial charge in [-0.2, -0.15) is 0 Å². The van der Waals surface area contributed by atoms with Crippen LogP contribution in [0.3, 0.4) is 0 Å². The van der Waals surface area contributed by atoms with E-state index in [2.05, 4.69) is 5.32 Å². The SMILES string of the molecule is CSc1ccccc1NC(=O)CN(C)C(=O)COC(=O)c1ccccc1Cl. The summed E-state index contributed by atoms with van der Waals surface area (Å²) in [6.07, 6.45) is 1.91. The van der Waals surface area contributed by atoms with Crippen LogP contribution in [0.15, 0.2) is 53.4 Å². The van der Waals surface area contributed by atoms with Crippen molar-refractivity contribution in [2.45, 2.75) is 4.90 Å². The summed E-state index contributed by atoms with van der Waals surface area (Å²) in [5.41, 5.74) is 0.863. The summed E-state index contributed by atoms with van der Waals surface area (Å²) in [6.45, 7) is -0.638. The van der Waals surface area contributed by atoms with Gasteiger partial charge in [-0.1, -0.05) is 35.9 Å². The van der Waals surface area contributed by atoms with Crippen LogP contribution in [0.2, 0.25) is 5.02 Å². The van der Waals surface area contributed by atoms with Crippen molar-refractivity contribution in [3.8, 4) is 0 Å². The molecular formula is C19H19ClN2O4S. The fourth-order valence-corrected chi connectivity index (χ4v) is 2.95. The van der Waals surface area contributed by atoms with Gasteiger partial charge in [-0.25, -0.2) is 4.79 Å². The van der Waals surface area contributed by atoms with Crippen molar-refractivity contribution < 1.29 is 19.1 Å². The van der Waals surface area contributed by atoms with Gasteiger partial charge in [0, 0.05) is 11.9 Å². The highest BCUT2D eigenvalue weighted by Crippen LogP contribution is 2.24. The molecule has 0 aliphatic carbocycles. The Morgan fingerprint density at radius 1 is 1.11 bits per heavy atom. The van der Waals surface area contributed by atoms with E-state index in [1.165, 1.54) is 29.8 Å². The summed E-state index contributed by atoms with van der Waals surface area (Å²) < 4.78 is 4.98. The maximum Gasteiger partial charge on any atom is 0.340 e. The van der Waals surface area contributed by atoms with Crippen molar-refractivity contribution >= 4 is 46.8 Å². The Labute approximate surface area is 166 Å². The third-order valence-electron chi connectivity index (χ3n) is 3.61. The molecule has 0 heterocycles. The summed E-state index contributed by atoms with van der Waals surface area (Å²) in [4.78, 5) is 38.4. The van der Waals surface area contributed by atoms with Crippen LogP contribution in [0.1, 0.15) is 10.4 Å². The second-order valence-corrected chi connectivity index (χ2v) is 6.81. The van der Waals surface area contributed by atoms with Gasteiger partial charge in [-0.3, -0.25) is 9.59 Å². The Morgan fingerprint density at radius 3 is 2.48 bits per heavy atom. The van der Waals surface area contributed by atoms with Crippen molar-refractivity contribution in [1.29, 1.82) is 0 Å². The van der Waals surface area contributed by atoms with Crippen molar-refractivity contribution in [3.05, 3.63) is 59.1 Å². The van der Waals surface area contributed by atoms with E-state index in [4.69, 9.17) is 16.3 Å². The monoisotopic (exact) mass is 406 g/mol. The zero-order chi connectivity index (χ0) is 19.8. The molecule has 142 valence electrons. The Morgan fingerprint density at radius 2 is 1.78 bits per heavy atom. The van der Waals surface area contributed by atoms with Crippen LogP contribution in [0.5, 0.6) is 0 Å². The highest BCUT2D eigenvalue weighted by molar-refractivity contribution is 7.98. The molecule has 0 unspecified atom stereocenters. The number of anilines is 1. The maximum absolute atomic E-state index is 12.2. The number of para-hydroxylation sites is 1. The number of likely N-dealkylation sites (N-methyl/N-ethyl adjacent to an activating group) is 1. The van der Waals surface area contributed by atoms with Crippen LogP contribution in [-0.4, -0.2) is 49.1 Å². The predicted molar refractivity (Wildman–Crippen MR) is 106 cm³/mol. The Balaban J connectivity index is 1.85. The molecule has 2 amide bonds. The fraction of sp³-hybridized carbons (Fsp3) is 0.211. The number of rotatable bonds is 7. The minimum atomic E-state index is -0.694. The molecule has 0 saturated heterocycles. The van der Waals surface area contributed by atoms with Crippen LogP contribution in [0.25, 0.3) is 0 Å². The molecule has 1 N–H and O–H groups in total. The van der Waals surface area contributed by atoms with E-state index in [-0.39, 0.29) is 23.0 Å². The van der Waals surface area contributed by atoms with Crippen molar-refractivity contribution in [1.82, 2.24) is 4.90 Å². The zero-order valence-corrected chi connectivity index (χ0v) is 16.5. The van der Waals surface area contributed by atoms with Gasteiger partial charge >= 0.3 is 5.97 Å². The predicted octanol–water partition coefficient (Wildman–Crippen LogP) is 3.32. The average Bonchev–Trinajstić information content (AvgIpc) is 2.66. The number of ether oxygens (including phenoxy) is 1. The second kappa shape index (κ2) is 9.99. The number of nitrogens with one attached hydrogen (secondary N) is 1. The van der Waals surface area contributed by atoms with Gasteiger partial charge < -0.3 is 15.0 Å². The molecule has 0 aliphatic rings. The Hall–Kier alpha value is -2.51. The maximum atomic E-state index is 12.2. The lowest BCUT2D eigenvalue weighted by atomic mass is 10.2. The minimum absolute atomic E-state index is 0.162. The molecule has 2 aromatic rings. The lowest BCUT2D eigenvalue weighted by molar-refractivity contribution is -0.136. The van der Waals surface area contributed by atoms with Crippen LogP contribution < -0.4 is 5.32 Å². The number of esters is 1. The molecule has 0 bridgehead atoms. The van der Waals surface area contributed by atoms with Crippen LogP contribution in [0, 0.1) is 0 Å². The molecule has 0 saturated carbocycles. The van der Waals surface area contributed by atoms with Gasteiger partial charge in [0.2, 0.25) is 5.91 Å². The van der Waals surface area contributed by atoms with E-state index in [0.29, 0.717) is 5.69 Å². The molecule has 0 spiro atoms. The minimum Gasteiger partial charge on any atom is -0.452 e. The highest BCUT2D eigenvalue weighted by Gasteiger charge is 2.17. The topological polar surface area (TPSA) is 75.7 Å². The van der Waals surface area contributed by atoms with E-state index in [0.717, 1.165) is 4.90 Å². The van der Waals surface area contributed by atoms with Gasteiger partial charge in [0.05, 0.1) is 22.8 Å². The quantitative estimate of drug-likeness (QED) is 0.564. The van der Waals surface area contributed by atoms with Gasteiger partial charge in [0.15, 0.2) is 6.61 Å². The highest BCUT2D eigenvalue weighted by atomic mass is 35.5. The van der Waals surface area contributed by atoms with Crippen molar-refractivity contribution in [2.75, 3.05) is 31.8 Å². The molecule has 0 fully saturated rings. The van der Waals surface area contributed by atoms with Gasteiger partial charge in [0.25, 0.3) is 5.91 Å². The molecule has 0 radical (unpaired) electrons. The summed E-state index contributed by atoms with van der Waals surface area (Å²) >= 11 is 7.43. The largest absolute Gasteiger partial charge is 0.452 e. The number of nitrogens with zero attached hydrogens (tertiary/aromatic N) is 1. The van der Waals surface area contributed by atoms with Gasteiger partial charge in [-0.15, -0.1) is 11.8 Å². The van der Waals surface area contributed by atoms with Crippen LogP contribution in [-0.2, 0) is 14.3 Å². The summed E-state index contributed by atoms with van der Waals surface area (Å²) in [5, 5.41) is 3.01. The average molecular weight is 407 g/mol. The number of carbonyl (C=O) groups is 3. The molecule has 0 aliphatic heterocycles. The summed E-state index contributed by atoms with van der Waals surface area (Å²) in [6, 6.07) is 13.8. The summed E-state index contributed by atoms with van der Waals surface area (Å²) in [7, 11) is 1.46. The number of hydrogen-bond acceptors (Lipinski definition) is 5. The molecule has 27 heavy (non-hydrogen) atoms. The van der Waals surface area contributed by atoms with Gasteiger partial charge in [0.1, 0.15) is 0 Å². The number of benzene rings is 2. The normalized spacial score (nSPS) is 10.2. The number of hydrogen-bond donors (Lipinski definition) is 1. The molecule has 6 nitrogen and oxygen atoms in total. The van der Waals surface area contributed by atoms with E-state index < -0.39 is 18.5 Å². The first-order valence-electron chi connectivity index (χ1n) is 8.01. The van der Waals surface area contributed by atoms with E-state index >= 15 is 0 Å². The first-order chi connectivity index (χ1) is 12.9. The first-order valence-corrected chi connectivity index (χ1v) is 9.61. The third kappa shape index (κ3) is 6.01.